The zero-order valence-corrected chi connectivity index (χ0v) is 10.8. The first-order chi connectivity index (χ1) is 9.72. The molecule has 0 amide bonds. The fraction of sp³-hybridized carbons (Fsp3) is 0. The van der Waals surface area contributed by atoms with E-state index in [-0.39, 0.29) is 0 Å². The Morgan fingerprint density at radius 1 is 0.700 bits per heavy atom. The van der Waals surface area contributed by atoms with Crippen molar-refractivity contribution in [1.82, 2.24) is 9.97 Å². The molecule has 2 aromatic carbocycles. The maximum absolute atomic E-state index is 5.89. The van der Waals surface area contributed by atoms with Gasteiger partial charge in [-0.2, -0.15) is 0 Å². The highest BCUT2D eigenvalue weighted by atomic mass is 14.9. The monoisotopic (exact) mass is 262 g/mol. The average Bonchev–Trinajstić information content (AvgIpc) is 2.48. The van der Waals surface area contributed by atoms with E-state index in [4.69, 9.17) is 11.5 Å². The molecule has 0 atom stereocenters. The van der Waals surface area contributed by atoms with Gasteiger partial charge in [-0.1, -0.05) is 30.3 Å². The van der Waals surface area contributed by atoms with Crippen LogP contribution in [0.25, 0.3) is 22.6 Å². The van der Waals surface area contributed by atoms with Gasteiger partial charge in [-0.05, 0) is 24.3 Å². The summed E-state index contributed by atoms with van der Waals surface area (Å²) >= 11 is 0. The fourth-order valence-corrected chi connectivity index (χ4v) is 1.98. The zero-order valence-electron chi connectivity index (χ0n) is 10.8. The Morgan fingerprint density at radius 3 is 2.10 bits per heavy atom. The maximum Gasteiger partial charge on any atom is 0.162 e. The number of hydrogen-bond donors (Lipinski definition) is 2. The van der Waals surface area contributed by atoms with Gasteiger partial charge >= 0.3 is 0 Å². The van der Waals surface area contributed by atoms with Crippen molar-refractivity contribution in [1.29, 1.82) is 0 Å². The van der Waals surface area contributed by atoms with Crippen LogP contribution in [0.1, 0.15) is 0 Å². The first kappa shape index (κ1) is 12.2. The number of nitrogens with two attached hydrogens (primary N) is 2. The van der Waals surface area contributed by atoms with Gasteiger partial charge in [-0.25, -0.2) is 9.97 Å². The van der Waals surface area contributed by atoms with Crippen molar-refractivity contribution in [3.63, 3.8) is 0 Å². The number of nitrogen functional groups attached to an aromatic ring is 2. The van der Waals surface area contributed by atoms with Gasteiger partial charge in [0.1, 0.15) is 5.82 Å². The van der Waals surface area contributed by atoms with Crippen LogP contribution in [0.15, 0.2) is 60.7 Å². The number of nitrogens with zero attached hydrogens (tertiary/aromatic N) is 2. The predicted octanol–water partition coefficient (Wildman–Crippen LogP) is 2.98. The summed E-state index contributed by atoms with van der Waals surface area (Å²) in [6.45, 7) is 0. The van der Waals surface area contributed by atoms with Crippen LogP contribution in [0.4, 0.5) is 11.5 Å². The van der Waals surface area contributed by atoms with E-state index >= 15 is 0 Å². The molecule has 4 N–H and O–H groups in total. The average molecular weight is 262 g/mol. The first-order valence-corrected chi connectivity index (χ1v) is 6.28. The van der Waals surface area contributed by atoms with Crippen LogP contribution in [0.3, 0.4) is 0 Å². The molecule has 98 valence electrons. The Bertz CT molecular complexity index is 721. The van der Waals surface area contributed by atoms with Crippen LogP contribution in [0.2, 0.25) is 0 Å². The van der Waals surface area contributed by atoms with Crippen molar-refractivity contribution < 1.29 is 0 Å². The molecule has 20 heavy (non-hydrogen) atoms. The third-order valence-corrected chi connectivity index (χ3v) is 2.98. The third kappa shape index (κ3) is 2.44. The maximum atomic E-state index is 5.89. The molecule has 0 bridgehead atoms. The van der Waals surface area contributed by atoms with Crippen molar-refractivity contribution in [3.05, 3.63) is 60.7 Å². The smallest absolute Gasteiger partial charge is 0.162 e. The van der Waals surface area contributed by atoms with Gasteiger partial charge in [0, 0.05) is 22.9 Å². The Morgan fingerprint density at radius 2 is 1.40 bits per heavy atom. The van der Waals surface area contributed by atoms with E-state index in [0.29, 0.717) is 17.3 Å². The largest absolute Gasteiger partial charge is 0.399 e. The minimum atomic E-state index is 0.450. The summed E-state index contributed by atoms with van der Waals surface area (Å²) in [6.07, 6.45) is 0. The molecule has 1 heterocycles. The normalized spacial score (nSPS) is 10.4. The zero-order chi connectivity index (χ0) is 13.9. The summed E-state index contributed by atoms with van der Waals surface area (Å²) in [7, 11) is 0. The Hall–Kier alpha value is -2.88. The number of anilines is 2. The minimum absolute atomic E-state index is 0.450. The van der Waals surface area contributed by atoms with Crippen molar-refractivity contribution in [2.45, 2.75) is 0 Å². The van der Waals surface area contributed by atoms with Crippen molar-refractivity contribution in [2.24, 2.45) is 0 Å². The summed E-state index contributed by atoms with van der Waals surface area (Å²) < 4.78 is 0. The second kappa shape index (κ2) is 5.01. The van der Waals surface area contributed by atoms with Gasteiger partial charge in [-0.3, -0.25) is 0 Å². The molecule has 0 unspecified atom stereocenters. The van der Waals surface area contributed by atoms with E-state index in [0.717, 1.165) is 16.8 Å². The summed E-state index contributed by atoms with van der Waals surface area (Å²) in [4.78, 5) is 8.86. The Balaban J connectivity index is 2.09. The lowest BCUT2D eigenvalue weighted by atomic mass is 10.1. The number of aromatic nitrogens is 2. The van der Waals surface area contributed by atoms with E-state index in [2.05, 4.69) is 9.97 Å². The molecule has 4 heteroatoms. The SMILES string of the molecule is Nc1ccc(-c2nc(N)cc(-c3ccccc3)n2)cc1. The summed E-state index contributed by atoms with van der Waals surface area (Å²) in [5, 5.41) is 0. The summed E-state index contributed by atoms with van der Waals surface area (Å²) in [5.41, 5.74) is 15.0. The van der Waals surface area contributed by atoms with Crippen LogP contribution in [-0.4, -0.2) is 9.97 Å². The molecule has 0 saturated carbocycles. The lowest BCUT2D eigenvalue weighted by molar-refractivity contribution is 1.19. The second-order valence-electron chi connectivity index (χ2n) is 4.49. The quantitative estimate of drug-likeness (QED) is 0.696. The van der Waals surface area contributed by atoms with E-state index < -0.39 is 0 Å². The van der Waals surface area contributed by atoms with Crippen molar-refractivity contribution >= 4 is 11.5 Å². The van der Waals surface area contributed by atoms with Gasteiger partial charge in [0.05, 0.1) is 5.69 Å². The van der Waals surface area contributed by atoms with Gasteiger partial charge < -0.3 is 11.5 Å². The predicted molar refractivity (Wildman–Crippen MR) is 81.7 cm³/mol. The van der Waals surface area contributed by atoms with E-state index in [1.165, 1.54) is 0 Å². The molecule has 0 aliphatic carbocycles. The van der Waals surface area contributed by atoms with Crippen LogP contribution in [-0.2, 0) is 0 Å². The molecule has 0 saturated heterocycles. The standard InChI is InChI=1S/C16H14N4/c17-13-8-6-12(7-9-13)16-19-14(10-15(18)20-16)11-4-2-1-3-5-11/h1-10H,17H2,(H2,18,19,20). The summed E-state index contributed by atoms with van der Waals surface area (Å²) in [5.74, 6) is 1.05. The number of rotatable bonds is 2. The van der Waals surface area contributed by atoms with Gasteiger partial charge in [0.2, 0.25) is 0 Å². The second-order valence-corrected chi connectivity index (χ2v) is 4.49. The molecule has 0 aliphatic heterocycles. The van der Waals surface area contributed by atoms with Crippen LogP contribution >= 0.6 is 0 Å². The van der Waals surface area contributed by atoms with Gasteiger partial charge in [0.25, 0.3) is 0 Å². The molecule has 0 aliphatic rings. The highest BCUT2D eigenvalue weighted by Gasteiger charge is 2.06. The highest BCUT2D eigenvalue weighted by Crippen LogP contribution is 2.23. The molecular weight excluding hydrogens is 248 g/mol. The van der Waals surface area contributed by atoms with Crippen LogP contribution < -0.4 is 11.5 Å². The van der Waals surface area contributed by atoms with Gasteiger partial charge in [-0.15, -0.1) is 0 Å². The highest BCUT2D eigenvalue weighted by molar-refractivity contribution is 5.67. The molecule has 3 rings (SSSR count). The van der Waals surface area contributed by atoms with Crippen LogP contribution in [0, 0.1) is 0 Å². The van der Waals surface area contributed by atoms with Gasteiger partial charge in [0.15, 0.2) is 5.82 Å². The van der Waals surface area contributed by atoms with Crippen molar-refractivity contribution in [3.8, 4) is 22.6 Å². The lowest BCUT2D eigenvalue weighted by Gasteiger charge is -2.06. The van der Waals surface area contributed by atoms with E-state index in [9.17, 15) is 0 Å². The molecule has 4 nitrogen and oxygen atoms in total. The fourth-order valence-electron chi connectivity index (χ4n) is 1.98. The molecule has 1 aromatic heterocycles. The van der Waals surface area contributed by atoms with E-state index in [1.54, 1.807) is 6.07 Å². The molecular formula is C16H14N4. The Labute approximate surface area is 117 Å². The van der Waals surface area contributed by atoms with Crippen LogP contribution in [0.5, 0.6) is 0 Å². The molecule has 0 radical (unpaired) electrons. The Kier molecular flexibility index (Phi) is 3.05. The number of hydrogen-bond acceptors (Lipinski definition) is 4. The molecule has 3 aromatic rings. The molecule has 0 spiro atoms. The molecule has 0 fully saturated rings. The summed E-state index contributed by atoms with van der Waals surface area (Å²) in [6, 6.07) is 19.1. The topological polar surface area (TPSA) is 77.8 Å². The van der Waals surface area contributed by atoms with Crippen molar-refractivity contribution in [2.75, 3.05) is 11.5 Å². The first-order valence-electron chi connectivity index (χ1n) is 6.28. The third-order valence-electron chi connectivity index (χ3n) is 2.98. The van der Waals surface area contributed by atoms with E-state index in [1.807, 2.05) is 54.6 Å². The lowest BCUT2D eigenvalue weighted by Crippen LogP contribution is -1.98. The number of benzene rings is 2. The minimum Gasteiger partial charge on any atom is -0.399 e.